The lowest BCUT2D eigenvalue weighted by Gasteiger charge is -2.13. The summed E-state index contributed by atoms with van der Waals surface area (Å²) in [4.78, 5) is 14.8. The molecule has 0 saturated carbocycles. The maximum absolute atomic E-state index is 4.99. The van der Waals surface area contributed by atoms with Gasteiger partial charge in [0.05, 0.1) is 11.4 Å². The first-order valence-corrected chi connectivity index (χ1v) is 13.1. The van der Waals surface area contributed by atoms with Gasteiger partial charge in [-0.25, -0.2) is 15.0 Å². The molecule has 7 rings (SSSR count). The Kier molecular flexibility index (Phi) is 6.07. The number of hydrogen-bond donors (Lipinski definition) is 0. The van der Waals surface area contributed by atoms with Crippen molar-refractivity contribution in [3.05, 3.63) is 140 Å². The standard InChI is InChI=1S/C35H23N5/c1-4-12-24(13-5-1)31-20-21-32(40-39-31)29-22-27-18-10-11-19-28(27)23-30(29)35-37-33(25-14-6-2-7-15-25)36-34(38-35)26-16-8-3-9-17-26/h1-23H. The van der Waals surface area contributed by atoms with Crippen molar-refractivity contribution in [3.63, 3.8) is 0 Å². The van der Waals surface area contributed by atoms with E-state index in [0.29, 0.717) is 17.5 Å². The zero-order chi connectivity index (χ0) is 26.7. The molecule has 0 aliphatic heterocycles. The van der Waals surface area contributed by atoms with Crippen molar-refractivity contribution in [3.8, 4) is 56.7 Å². The van der Waals surface area contributed by atoms with Crippen LogP contribution in [-0.4, -0.2) is 25.1 Å². The number of aromatic nitrogens is 5. The fraction of sp³-hybridized carbons (Fsp3) is 0. The Bertz CT molecular complexity index is 1860. The molecule has 0 amide bonds. The van der Waals surface area contributed by atoms with Crippen LogP contribution in [0.25, 0.3) is 67.5 Å². The van der Waals surface area contributed by atoms with Gasteiger partial charge in [-0.3, -0.25) is 0 Å². The lowest BCUT2D eigenvalue weighted by Crippen LogP contribution is -2.02. The molecule has 0 radical (unpaired) electrons. The molecule has 40 heavy (non-hydrogen) atoms. The summed E-state index contributed by atoms with van der Waals surface area (Å²) in [5.41, 5.74) is 6.24. The molecule has 0 aliphatic carbocycles. The van der Waals surface area contributed by atoms with Gasteiger partial charge < -0.3 is 0 Å². The average Bonchev–Trinajstić information content (AvgIpc) is 3.05. The third-order valence-corrected chi connectivity index (χ3v) is 6.84. The summed E-state index contributed by atoms with van der Waals surface area (Å²) >= 11 is 0. The van der Waals surface area contributed by atoms with Gasteiger partial charge in [-0.1, -0.05) is 115 Å². The van der Waals surface area contributed by atoms with Gasteiger partial charge in [-0.15, -0.1) is 10.2 Å². The number of fused-ring (bicyclic) bond motifs is 1. The fourth-order valence-electron chi connectivity index (χ4n) is 4.81. The molecule has 7 aromatic rings. The van der Waals surface area contributed by atoms with E-state index in [2.05, 4.69) is 34.5 Å². The summed E-state index contributed by atoms with van der Waals surface area (Å²) in [5.74, 6) is 1.82. The molecule has 2 heterocycles. The van der Waals surface area contributed by atoms with E-state index >= 15 is 0 Å². The predicted molar refractivity (Wildman–Crippen MR) is 160 cm³/mol. The first-order chi connectivity index (χ1) is 19.8. The smallest absolute Gasteiger partial charge is 0.164 e. The van der Waals surface area contributed by atoms with E-state index in [1.54, 1.807) is 0 Å². The van der Waals surface area contributed by atoms with Crippen molar-refractivity contribution in [2.75, 3.05) is 0 Å². The van der Waals surface area contributed by atoms with E-state index in [0.717, 1.165) is 50.0 Å². The van der Waals surface area contributed by atoms with E-state index in [9.17, 15) is 0 Å². The van der Waals surface area contributed by atoms with Gasteiger partial charge in [0.2, 0.25) is 0 Å². The number of rotatable bonds is 5. The molecule has 0 bridgehead atoms. The van der Waals surface area contributed by atoms with Gasteiger partial charge in [-0.2, -0.15) is 0 Å². The predicted octanol–water partition coefficient (Wildman–Crippen LogP) is 8.15. The monoisotopic (exact) mass is 513 g/mol. The third-order valence-electron chi connectivity index (χ3n) is 6.84. The van der Waals surface area contributed by atoms with Gasteiger partial charge in [-0.05, 0) is 35.0 Å². The van der Waals surface area contributed by atoms with Crippen LogP contribution in [0.4, 0.5) is 0 Å². The summed E-state index contributed by atoms with van der Waals surface area (Å²) in [6, 6.07) is 46.7. The number of benzene rings is 5. The molecule has 5 nitrogen and oxygen atoms in total. The Hall–Kier alpha value is -5.55. The van der Waals surface area contributed by atoms with E-state index in [1.807, 2.05) is 115 Å². The topological polar surface area (TPSA) is 64.5 Å². The van der Waals surface area contributed by atoms with Crippen LogP contribution >= 0.6 is 0 Å². The van der Waals surface area contributed by atoms with Crippen LogP contribution < -0.4 is 0 Å². The van der Waals surface area contributed by atoms with E-state index < -0.39 is 0 Å². The van der Waals surface area contributed by atoms with Gasteiger partial charge in [0, 0.05) is 27.8 Å². The van der Waals surface area contributed by atoms with Crippen LogP contribution in [0.2, 0.25) is 0 Å². The van der Waals surface area contributed by atoms with Crippen molar-refractivity contribution in [2.24, 2.45) is 0 Å². The second-order valence-electron chi connectivity index (χ2n) is 9.45. The third kappa shape index (κ3) is 4.61. The van der Waals surface area contributed by atoms with Crippen molar-refractivity contribution < 1.29 is 0 Å². The second kappa shape index (κ2) is 10.3. The highest BCUT2D eigenvalue weighted by molar-refractivity contribution is 5.95. The van der Waals surface area contributed by atoms with E-state index in [1.165, 1.54) is 0 Å². The van der Waals surface area contributed by atoms with E-state index in [4.69, 9.17) is 15.0 Å². The summed E-state index contributed by atoms with van der Waals surface area (Å²) in [5, 5.41) is 11.4. The lowest BCUT2D eigenvalue weighted by molar-refractivity contribution is 1.04. The minimum absolute atomic E-state index is 0.586. The molecular formula is C35H23N5. The first kappa shape index (κ1) is 23.6. The average molecular weight is 514 g/mol. The Morgan fingerprint density at radius 2 is 0.750 bits per heavy atom. The van der Waals surface area contributed by atoms with Crippen LogP contribution in [0, 0.1) is 0 Å². The highest BCUT2D eigenvalue weighted by Gasteiger charge is 2.18. The minimum atomic E-state index is 0.586. The molecule has 0 atom stereocenters. The Morgan fingerprint density at radius 3 is 1.27 bits per heavy atom. The van der Waals surface area contributed by atoms with Crippen molar-refractivity contribution in [2.45, 2.75) is 0 Å². The molecule has 0 saturated heterocycles. The highest BCUT2D eigenvalue weighted by atomic mass is 15.1. The van der Waals surface area contributed by atoms with Crippen LogP contribution in [0.1, 0.15) is 0 Å². The lowest BCUT2D eigenvalue weighted by atomic mass is 9.97. The molecule has 5 heteroatoms. The zero-order valence-corrected chi connectivity index (χ0v) is 21.5. The van der Waals surface area contributed by atoms with Gasteiger partial charge in [0.25, 0.3) is 0 Å². The van der Waals surface area contributed by atoms with Crippen molar-refractivity contribution in [1.82, 2.24) is 25.1 Å². The van der Waals surface area contributed by atoms with Crippen LogP contribution in [-0.2, 0) is 0 Å². The maximum Gasteiger partial charge on any atom is 0.164 e. The SMILES string of the molecule is c1ccc(-c2ccc(-c3cc4ccccc4cc3-c3nc(-c4ccccc4)nc(-c4ccccc4)n3)nn2)cc1. The van der Waals surface area contributed by atoms with Gasteiger partial charge in [0.15, 0.2) is 17.5 Å². The van der Waals surface area contributed by atoms with Gasteiger partial charge in [0.1, 0.15) is 0 Å². The molecule has 5 aromatic carbocycles. The number of nitrogens with zero attached hydrogens (tertiary/aromatic N) is 5. The highest BCUT2D eigenvalue weighted by Crippen LogP contribution is 2.35. The summed E-state index contributed by atoms with van der Waals surface area (Å²) in [6.07, 6.45) is 0. The largest absolute Gasteiger partial charge is 0.208 e. The summed E-state index contributed by atoms with van der Waals surface area (Å²) in [7, 11) is 0. The number of hydrogen-bond acceptors (Lipinski definition) is 5. The minimum Gasteiger partial charge on any atom is -0.208 e. The first-order valence-electron chi connectivity index (χ1n) is 13.1. The fourth-order valence-corrected chi connectivity index (χ4v) is 4.81. The molecule has 2 aromatic heterocycles. The second-order valence-corrected chi connectivity index (χ2v) is 9.45. The zero-order valence-electron chi connectivity index (χ0n) is 21.5. The maximum atomic E-state index is 4.99. The Balaban J connectivity index is 1.44. The molecular weight excluding hydrogens is 490 g/mol. The Labute approximate surface area is 231 Å². The summed E-state index contributed by atoms with van der Waals surface area (Å²) in [6.45, 7) is 0. The van der Waals surface area contributed by atoms with Crippen LogP contribution in [0.3, 0.4) is 0 Å². The normalized spacial score (nSPS) is 11.0. The quantitative estimate of drug-likeness (QED) is 0.232. The molecule has 0 N–H and O–H groups in total. The summed E-state index contributed by atoms with van der Waals surface area (Å²) < 4.78 is 0. The van der Waals surface area contributed by atoms with E-state index in [-0.39, 0.29) is 0 Å². The van der Waals surface area contributed by atoms with Crippen molar-refractivity contribution in [1.29, 1.82) is 0 Å². The molecule has 188 valence electrons. The van der Waals surface area contributed by atoms with Gasteiger partial charge >= 0.3 is 0 Å². The molecule has 0 spiro atoms. The molecule has 0 aliphatic rings. The van der Waals surface area contributed by atoms with Crippen LogP contribution in [0.15, 0.2) is 140 Å². The Morgan fingerprint density at radius 1 is 0.325 bits per heavy atom. The molecule has 0 unspecified atom stereocenters. The van der Waals surface area contributed by atoms with Crippen molar-refractivity contribution >= 4 is 10.8 Å². The van der Waals surface area contributed by atoms with Crippen LogP contribution in [0.5, 0.6) is 0 Å². The molecule has 0 fully saturated rings.